The molecule has 0 spiro atoms. The third kappa shape index (κ3) is 2.47. The van der Waals surface area contributed by atoms with Crippen LogP contribution in [0.25, 0.3) is 0 Å². The normalized spacial score (nSPS) is 30.3. The van der Waals surface area contributed by atoms with Crippen LogP contribution in [0.5, 0.6) is 0 Å². The maximum Gasteiger partial charge on any atom is 0.222 e. The quantitative estimate of drug-likeness (QED) is 0.682. The summed E-state index contributed by atoms with van der Waals surface area (Å²) in [7, 11) is 0. The van der Waals surface area contributed by atoms with E-state index < -0.39 is 0 Å². The molecule has 1 aliphatic heterocycles. The molecule has 3 heteroatoms. The Morgan fingerprint density at radius 3 is 2.87 bits per heavy atom. The van der Waals surface area contributed by atoms with Crippen LogP contribution in [0.3, 0.4) is 0 Å². The Morgan fingerprint density at radius 1 is 1.27 bits per heavy atom. The number of nitrogens with zero attached hydrogens (tertiary/aromatic N) is 1. The van der Waals surface area contributed by atoms with Gasteiger partial charge in [0, 0.05) is 24.9 Å². The molecule has 2 nitrogen and oxygen atoms in total. The van der Waals surface area contributed by atoms with Crippen molar-refractivity contribution in [3.05, 3.63) is 0 Å². The molecule has 0 aromatic heterocycles. The van der Waals surface area contributed by atoms with E-state index in [1.54, 1.807) is 0 Å². The monoisotopic (exact) mass is 229 g/mol. The summed E-state index contributed by atoms with van der Waals surface area (Å²) >= 11 is 5.62. The van der Waals surface area contributed by atoms with Crippen molar-refractivity contribution in [1.82, 2.24) is 4.90 Å². The van der Waals surface area contributed by atoms with E-state index in [1.165, 1.54) is 32.1 Å². The molecule has 0 aromatic rings. The van der Waals surface area contributed by atoms with Crippen molar-refractivity contribution in [2.75, 3.05) is 12.4 Å². The van der Waals surface area contributed by atoms with Crippen molar-refractivity contribution in [3.8, 4) is 0 Å². The molecule has 1 saturated carbocycles. The third-order valence-electron chi connectivity index (χ3n) is 3.85. The van der Waals surface area contributed by atoms with Gasteiger partial charge in [0.05, 0.1) is 0 Å². The van der Waals surface area contributed by atoms with Crippen molar-refractivity contribution >= 4 is 17.5 Å². The number of halogens is 1. The Balaban J connectivity index is 1.89. The first-order chi connectivity index (χ1) is 7.33. The second-order valence-electron chi connectivity index (χ2n) is 4.78. The van der Waals surface area contributed by atoms with Crippen LogP contribution < -0.4 is 0 Å². The predicted octanol–water partition coefficient (Wildman–Crippen LogP) is 2.80. The molecular formula is C12H20ClNO. The van der Waals surface area contributed by atoms with Crippen LogP contribution in [0.2, 0.25) is 0 Å². The number of rotatable bonds is 3. The van der Waals surface area contributed by atoms with Gasteiger partial charge < -0.3 is 4.90 Å². The van der Waals surface area contributed by atoms with Crippen LogP contribution in [-0.2, 0) is 4.79 Å². The molecule has 0 radical (unpaired) electrons. The molecule has 0 aromatic carbocycles. The molecule has 0 N–H and O–H groups in total. The molecular weight excluding hydrogens is 210 g/mol. The van der Waals surface area contributed by atoms with Crippen LogP contribution in [0.4, 0.5) is 0 Å². The number of alkyl halides is 1. The SMILES string of the molecule is O=C(CCCCl)N1CCC2CCCCC21. The Kier molecular flexibility index (Phi) is 3.90. The topological polar surface area (TPSA) is 20.3 Å². The molecule has 2 rings (SSSR count). The zero-order valence-corrected chi connectivity index (χ0v) is 10.0. The zero-order valence-electron chi connectivity index (χ0n) is 9.25. The Morgan fingerprint density at radius 2 is 2.07 bits per heavy atom. The Labute approximate surface area is 97.0 Å². The van der Waals surface area contributed by atoms with Gasteiger partial charge in [-0.15, -0.1) is 11.6 Å². The molecule has 15 heavy (non-hydrogen) atoms. The molecule has 1 aliphatic carbocycles. The van der Waals surface area contributed by atoms with Crippen LogP contribution in [0, 0.1) is 5.92 Å². The average Bonchev–Trinajstić information content (AvgIpc) is 2.69. The number of carbonyl (C=O) groups is 1. The highest BCUT2D eigenvalue weighted by molar-refractivity contribution is 6.17. The Hall–Kier alpha value is -0.240. The molecule has 2 fully saturated rings. The largest absolute Gasteiger partial charge is 0.339 e. The minimum Gasteiger partial charge on any atom is -0.339 e. The predicted molar refractivity (Wildman–Crippen MR) is 62.0 cm³/mol. The van der Waals surface area contributed by atoms with E-state index in [0.29, 0.717) is 24.2 Å². The third-order valence-corrected chi connectivity index (χ3v) is 4.12. The van der Waals surface area contributed by atoms with Crippen molar-refractivity contribution in [1.29, 1.82) is 0 Å². The average molecular weight is 230 g/mol. The first-order valence-corrected chi connectivity index (χ1v) is 6.72. The smallest absolute Gasteiger partial charge is 0.222 e. The molecule has 1 amide bonds. The summed E-state index contributed by atoms with van der Waals surface area (Å²) in [5.74, 6) is 1.75. The number of amides is 1. The van der Waals surface area contributed by atoms with Gasteiger partial charge in [0.25, 0.3) is 0 Å². The summed E-state index contributed by atoms with van der Waals surface area (Å²) < 4.78 is 0. The van der Waals surface area contributed by atoms with Gasteiger partial charge >= 0.3 is 0 Å². The highest BCUT2D eigenvalue weighted by Crippen LogP contribution is 2.36. The van der Waals surface area contributed by atoms with Gasteiger partial charge in [0.2, 0.25) is 5.91 Å². The first-order valence-electron chi connectivity index (χ1n) is 6.18. The summed E-state index contributed by atoms with van der Waals surface area (Å²) in [4.78, 5) is 14.1. The van der Waals surface area contributed by atoms with Crippen molar-refractivity contribution in [3.63, 3.8) is 0 Å². The molecule has 86 valence electrons. The van der Waals surface area contributed by atoms with E-state index in [9.17, 15) is 4.79 Å². The van der Waals surface area contributed by atoms with Crippen molar-refractivity contribution in [2.45, 2.75) is 51.0 Å². The highest BCUT2D eigenvalue weighted by atomic mass is 35.5. The van der Waals surface area contributed by atoms with Crippen LogP contribution in [0.15, 0.2) is 0 Å². The fourth-order valence-corrected chi connectivity index (χ4v) is 3.21. The van der Waals surface area contributed by atoms with Gasteiger partial charge in [-0.2, -0.15) is 0 Å². The fraction of sp³-hybridized carbons (Fsp3) is 0.917. The fourth-order valence-electron chi connectivity index (χ4n) is 3.08. The summed E-state index contributed by atoms with van der Waals surface area (Å²) in [6, 6.07) is 0.571. The molecule has 1 heterocycles. The highest BCUT2D eigenvalue weighted by Gasteiger charge is 2.37. The van der Waals surface area contributed by atoms with E-state index in [1.807, 2.05) is 0 Å². The second-order valence-corrected chi connectivity index (χ2v) is 5.16. The lowest BCUT2D eigenvalue weighted by Gasteiger charge is -2.31. The lowest BCUT2D eigenvalue weighted by Crippen LogP contribution is -2.39. The van der Waals surface area contributed by atoms with Crippen LogP contribution in [0.1, 0.15) is 44.9 Å². The lowest BCUT2D eigenvalue weighted by atomic mass is 9.85. The molecule has 2 aliphatic rings. The summed E-state index contributed by atoms with van der Waals surface area (Å²) in [6.07, 6.45) is 7.95. The number of carbonyl (C=O) groups excluding carboxylic acids is 1. The first kappa shape index (κ1) is 11.3. The number of likely N-dealkylation sites (tertiary alicyclic amines) is 1. The molecule has 0 bridgehead atoms. The molecule has 2 atom stereocenters. The maximum atomic E-state index is 11.9. The summed E-state index contributed by atoms with van der Waals surface area (Å²) in [5, 5.41) is 0. The number of fused-ring (bicyclic) bond motifs is 1. The molecule has 1 saturated heterocycles. The van der Waals surface area contributed by atoms with E-state index in [-0.39, 0.29) is 0 Å². The minimum absolute atomic E-state index is 0.338. The van der Waals surface area contributed by atoms with Crippen molar-refractivity contribution < 1.29 is 4.79 Å². The van der Waals surface area contributed by atoms with E-state index in [0.717, 1.165) is 18.9 Å². The van der Waals surface area contributed by atoms with Gasteiger partial charge in [-0.3, -0.25) is 4.79 Å². The Bertz CT molecular complexity index is 232. The number of hydrogen-bond donors (Lipinski definition) is 0. The minimum atomic E-state index is 0.338. The van der Waals surface area contributed by atoms with E-state index in [4.69, 9.17) is 11.6 Å². The van der Waals surface area contributed by atoms with E-state index >= 15 is 0 Å². The van der Waals surface area contributed by atoms with Gasteiger partial charge in [0.1, 0.15) is 0 Å². The lowest BCUT2D eigenvalue weighted by molar-refractivity contribution is -0.132. The van der Waals surface area contributed by atoms with Crippen molar-refractivity contribution in [2.24, 2.45) is 5.92 Å². The zero-order chi connectivity index (χ0) is 10.7. The second kappa shape index (κ2) is 5.20. The van der Waals surface area contributed by atoms with Gasteiger partial charge in [-0.1, -0.05) is 12.8 Å². The van der Waals surface area contributed by atoms with Gasteiger partial charge in [-0.05, 0) is 31.6 Å². The standard InChI is InChI=1S/C12H20ClNO/c13-8-3-6-12(15)14-9-7-10-4-1-2-5-11(10)14/h10-11H,1-9H2. The van der Waals surface area contributed by atoms with E-state index in [2.05, 4.69) is 4.90 Å². The summed E-state index contributed by atoms with van der Waals surface area (Å²) in [5.41, 5.74) is 0. The van der Waals surface area contributed by atoms with Gasteiger partial charge in [0.15, 0.2) is 0 Å². The van der Waals surface area contributed by atoms with Crippen LogP contribution in [-0.4, -0.2) is 29.3 Å². The van der Waals surface area contributed by atoms with Gasteiger partial charge in [-0.25, -0.2) is 0 Å². The maximum absolute atomic E-state index is 11.9. The van der Waals surface area contributed by atoms with Crippen LogP contribution >= 0.6 is 11.6 Å². The summed E-state index contributed by atoms with van der Waals surface area (Å²) in [6.45, 7) is 0.996. The molecule has 2 unspecified atom stereocenters. The number of hydrogen-bond acceptors (Lipinski definition) is 1.